The van der Waals surface area contributed by atoms with Crippen molar-refractivity contribution in [3.63, 3.8) is 0 Å². The van der Waals surface area contributed by atoms with Gasteiger partial charge in [-0.3, -0.25) is 4.55 Å². The zero-order valence-corrected chi connectivity index (χ0v) is 25.4. The Bertz CT molecular complexity index is 1450. The molecule has 11 heteroatoms. The Labute approximate surface area is 250 Å². The number of alkyl halides is 2. The molecule has 1 atom stereocenters. The number of carbonyl (C=O) groups excluding carboxylic acids is 2. The van der Waals surface area contributed by atoms with E-state index in [0.29, 0.717) is 0 Å². The summed E-state index contributed by atoms with van der Waals surface area (Å²) in [5.74, 6) is -2.90. The Morgan fingerprint density at radius 2 is 1.23 bits per heavy atom. The summed E-state index contributed by atoms with van der Waals surface area (Å²) in [6, 6.07) is 26.1. The lowest BCUT2D eigenvalue weighted by Gasteiger charge is -2.49. The second-order valence-corrected chi connectivity index (χ2v) is 13.1. The predicted molar refractivity (Wildman–Crippen MR) is 156 cm³/mol. The van der Waals surface area contributed by atoms with Gasteiger partial charge >= 0.3 is 27.3 Å². The summed E-state index contributed by atoms with van der Waals surface area (Å²) in [5, 5.41) is -4.81. The number of rotatable bonds is 12. The molecule has 8 nitrogen and oxygen atoms in total. The minimum atomic E-state index is -5.92. The van der Waals surface area contributed by atoms with E-state index in [-0.39, 0.29) is 5.56 Å². The molecule has 0 bridgehead atoms. The number of esters is 2. The maximum atomic E-state index is 14.3. The van der Waals surface area contributed by atoms with E-state index >= 15 is 0 Å². The summed E-state index contributed by atoms with van der Waals surface area (Å²) >= 11 is 0. The van der Waals surface area contributed by atoms with Crippen LogP contribution in [0.3, 0.4) is 0 Å². The lowest BCUT2D eigenvalue weighted by Crippen LogP contribution is -2.56. The second-order valence-electron chi connectivity index (χ2n) is 11.6. The van der Waals surface area contributed by atoms with Gasteiger partial charge in [0, 0.05) is 11.3 Å². The lowest BCUT2D eigenvalue weighted by molar-refractivity contribution is -0.207. The van der Waals surface area contributed by atoms with Crippen LogP contribution in [0, 0.1) is 5.41 Å². The highest BCUT2D eigenvalue weighted by Gasteiger charge is 2.60. The molecule has 0 aliphatic rings. The fraction of sp³-hybridized carbons (Fsp3) is 0.375. The van der Waals surface area contributed by atoms with Crippen molar-refractivity contribution in [2.24, 2.45) is 5.41 Å². The third kappa shape index (κ3) is 7.65. The summed E-state index contributed by atoms with van der Waals surface area (Å²) in [5.41, 5.74) is -3.01. The van der Waals surface area contributed by atoms with Crippen LogP contribution in [0.1, 0.15) is 57.2 Å². The molecule has 0 saturated carbocycles. The van der Waals surface area contributed by atoms with Gasteiger partial charge in [0.1, 0.15) is 12.2 Å². The van der Waals surface area contributed by atoms with Crippen molar-refractivity contribution in [3.05, 3.63) is 108 Å². The van der Waals surface area contributed by atoms with Crippen LogP contribution in [-0.2, 0) is 39.5 Å². The Hall–Kier alpha value is -3.67. The molecule has 0 aliphatic heterocycles. The van der Waals surface area contributed by atoms with Crippen LogP contribution in [0.15, 0.2) is 91.0 Å². The number of halogens is 2. The monoisotopic (exact) mass is 618 g/mol. The first-order valence-electron chi connectivity index (χ1n) is 13.5. The van der Waals surface area contributed by atoms with Crippen LogP contribution in [0.2, 0.25) is 0 Å². The Morgan fingerprint density at radius 3 is 1.65 bits per heavy atom. The molecule has 0 fully saturated rings. The molecule has 0 saturated heterocycles. The van der Waals surface area contributed by atoms with E-state index in [2.05, 4.69) is 0 Å². The van der Waals surface area contributed by atoms with Crippen molar-refractivity contribution in [1.29, 1.82) is 0 Å². The van der Waals surface area contributed by atoms with Crippen LogP contribution in [0.5, 0.6) is 0 Å². The van der Waals surface area contributed by atoms with E-state index in [4.69, 9.17) is 18.8 Å². The highest BCUT2D eigenvalue weighted by molar-refractivity contribution is 7.86. The van der Waals surface area contributed by atoms with Gasteiger partial charge in [0.2, 0.25) is 0 Å². The smallest absolute Gasteiger partial charge is 0.402 e. The van der Waals surface area contributed by atoms with Crippen LogP contribution < -0.4 is 0 Å². The van der Waals surface area contributed by atoms with Crippen molar-refractivity contribution in [2.45, 2.75) is 57.0 Å². The number of benzene rings is 3. The zero-order chi connectivity index (χ0) is 32.1. The van der Waals surface area contributed by atoms with Gasteiger partial charge in [0.15, 0.2) is 12.2 Å². The number of hydrogen-bond acceptors (Lipinski definition) is 7. The van der Waals surface area contributed by atoms with E-state index in [1.165, 1.54) is 12.1 Å². The highest BCUT2D eigenvalue weighted by atomic mass is 32.2. The van der Waals surface area contributed by atoms with E-state index in [9.17, 15) is 26.8 Å². The fourth-order valence-electron chi connectivity index (χ4n) is 5.14. The van der Waals surface area contributed by atoms with Crippen LogP contribution in [-0.4, -0.2) is 49.0 Å². The van der Waals surface area contributed by atoms with Gasteiger partial charge in [-0.05, 0) is 37.5 Å². The minimum Gasteiger partial charge on any atom is -0.458 e. The number of ether oxygens (including phenoxy) is 3. The fourth-order valence-corrected chi connectivity index (χ4v) is 5.35. The summed E-state index contributed by atoms with van der Waals surface area (Å²) < 4.78 is 77.0. The Balaban J connectivity index is 2.30. The molecule has 1 N–H and O–H groups in total. The average molecular weight is 619 g/mol. The Morgan fingerprint density at radius 1 is 0.791 bits per heavy atom. The molecule has 0 amide bonds. The molecule has 0 aromatic heterocycles. The van der Waals surface area contributed by atoms with E-state index < -0.39 is 63.1 Å². The molecule has 232 valence electrons. The maximum Gasteiger partial charge on any atom is 0.402 e. The van der Waals surface area contributed by atoms with Gasteiger partial charge in [0.05, 0.1) is 0 Å². The van der Waals surface area contributed by atoms with Crippen molar-refractivity contribution in [2.75, 3.05) is 13.2 Å². The quantitative estimate of drug-likeness (QED) is 0.191. The molecular formula is C32H36F2O8S. The van der Waals surface area contributed by atoms with Gasteiger partial charge < -0.3 is 14.2 Å². The first kappa shape index (κ1) is 33.8. The van der Waals surface area contributed by atoms with Gasteiger partial charge in [-0.1, -0.05) is 105 Å². The molecule has 43 heavy (non-hydrogen) atoms. The lowest BCUT2D eigenvalue weighted by atomic mass is 9.59. The first-order valence-corrected chi connectivity index (χ1v) is 14.9. The number of hydrogen-bond donors (Lipinski definition) is 1. The summed E-state index contributed by atoms with van der Waals surface area (Å²) in [7, 11) is -5.92. The standard InChI is InChI=1S/C32H36F2O8S/c1-29(2,3)42-26(35)21-41-32(25-19-13-8-14-20-25,28(36)40-22-31(33,34)43(37,38)39)30(4,5)27(23-15-9-6-10-16-23)24-17-11-7-12-18-24/h6-20,27H,21-22H2,1-5H3,(H,37,38,39). The third-order valence-electron chi connectivity index (χ3n) is 6.94. The average Bonchev–Trinajstić information content (AvgIpc) is 2.92. The third-order valence-corrected chi connectivity index (χ3v) is 7.81. The summed E-state index contributed by atoms with van der Waals surface area (Å²) in [4.78, 5) is 27.2. The molecule has 0 heterocycles. The van der Waals surface area contributed by atoms with Crippen molar-refractivity contribution in [1.82, 2.24) is 0 Å². The Kier molecular flexibility index (Phi) is 10.2. The van der Waals surface area contributed by atoms with E-state index in [1.807, 2.05) is 36.4 Å². The first-order chi connectivity index (χ1) is 19.9. The molecule has 1 unspecified atom stereocenters. The van der Waals surface area contributed by atoms with Crippen molar-refractivity contribution < 1.29 is 45.6 Å². The molecule has 0 radical (unpaired) electrons. The number of carbonyl (C=O) groups is 2. The largest absolute Gasteiger partial charge is 0.458 e. The molecular weight excluding hydrogens is 582 g/mol. The van der Waals surface area contributed by atoms with Crippen LogP contribution >= 0.6 is 0 Å². The van der Waals surface area contributed by atoms with Gasteiger partial charge in [-0.2, -0.15) is 17.2 Å². The van der Waals surface area contributed by atoms with Crippen LogP contribution in [0.25, 0.3) is 0 Å². The molecule has 3 rings (SSSR count). The van der Waals surface area contributed by atoms with Crippen molar-refractivity contribution >= 4 is 22.1 Å². The van der Waals surface area contributed by atoms with Crippen LogP contribution in [0.4, 0.5) is 8.78 Å². The van der Waals surface area contributed by atoms with Gasteiger partial charge in [-0.15, -0.1) is 0 Å². The molecule has 3 aromatic rings. The SMILES string of the molecule is CC(C)(C)OC(=O)COC(C(=O)OCC(F)(F)S(=O)(=O)O)(c1ccccc1)C(C)(C)C(c1ccccc1)c1ccccc1. The molecule has 3 aromatic carbocycles. The van der Waals surface area contributed by atoms with E-state index in [1.54, 1.807) is 77.1 Å². The molecule has 0 spiro atoms. The topological polar surface area (TPSA) is 116 Å². The predicted octanol–water partition coefficient (Wildman–Crippen LogP) is 6.12. The maximum absolute atomic E-state index is 14.3. The second kappa shape index (κ2) is 12.9. The normalized spacial score (nSPS) is 14.2. The van der Waals surface area contributed by atoms with Gasteiger partial charge in [0.25, 0.3) is 0 Å². The molecule has 0 aliphatic carbocycles. The van der Waals surface area contributed by atoms with E-state index in [0.717, 1.165) is 11.1 Å². The zero-order valence-electron chi connectivity index (χ0n) is 24.6. The minimum absolute atomic E-state index is 0.153. The summed E-state index contributed by atoms with van der Waals surface area (Å²) in [6.07, 6.45) is 0. The highest BCUT2D eigenvalue weighted by Crippen LogP contribution is 2.55. The van der Waals surface area contributed by atoms with Gasteiger partial charge in [-0.25, -0.2) is 9.59 Å². The van der Waals surface area contributed by atoms with Crippen molar-refractivity contribution in [3.8, 4) is 0 Å². The summed E-state index contributed by atoms with van der Waals surface area (Å²) in [6.45, 7) is 5.50.